The van der Waals surface area contributed by atoms with E-state index in [0.29, 0.717) is 11.1 Å². The van der Waals surface area contributed by atoms with Gasteiger partial charge in [-0.25, -0.2) is 0 Å². The lowest BCUT2D eigenvalue weighted by atomic mass is 10.1. The molecule has 0 fully saturated rings. The van der Waals surface area contributed by atoms with Gasteiger partial charge in [0, 0.05) is 9.13 Å². The van der Waals surface area contributed by atoms with E-state index in [-0.39, 0.29) is 17.1 Å². The summed E-state index contributed by atoms with van der Waals surface area (Å²) in [5.74, 6) is -0.496. The number of rotatable bonds is 1. The summed E-state index contributed by atoms with van der Waals surface area (Å²) in [7, 11) is 0. The largest absolute Gasteiger partial charge is 0.504 e. The van der Waals surface area contributed by atoms with Crippen LogP contribution in [0, 0.1) is 3.57 Å². The fourth-order valence-corrected chi connectivity index (χ4v) is 2.37. The van der Waals surface area contributed by atoms with Gasteiger partial charge in [-0.3, -0.25) is 0 Å². The minimum Gasteiger partial charge on any atom is -0.504 e. The maximum Gasteiger partial charge on any atom is 0.212 e. The topological polar surface area (TPSA) is 66.5 Å². The third-order valence-electron chi connectivity index (χ3n) is 2.69. The van der Waals surface area contributed by atoms with Gasteiger partial charge < -0.3 is 14.7 Å². The van der Waals surface area contributed by atoms with Crippen LogP contribution < -0.4 is 0 Å². The summed E-state index contributed by atoms with van der Waals surface area (Å²) in [5, 5.41) is 23.7. The first-order valence-electron chi connectivity index (χ1n) is 5.23. The number of nitrogens with zero attached hydrogens (tertiary/aromatic N) is 1. The van der Waals surface area contributed by atoms with E-state index in [1.165, 1.54) is 6.07 Å². The number of phenols is 2. The molecule has 0 bridgehead atoms. The first-order valence-corrected chi connectivity index (χ1v) is 6.31. The van der Waals surface area contributed by atoms with Crippen LogP contribution in [-0.4, -0.2) is 15.4 Å². The predicted octanol–water partition coefficient (Wildman–Crippen LogP) is 3.51. The van der Waals surface area contributed by atoms with Crippen molar-refractivity contribution in [3.63, 3.8) is 0 Å². The first-order chi connectivity index (χ1) is 8.66. The summed E-state index contributed by atoms with van der Waals surface area (Å²) in [5.41, 5.74) is 1.76. The molecule has 0 aliphatic rings. The van der Waals surface area contributed by atoms with E-state index in [2.05, 4.69) is 27.7 Å². The molecule has 0 saturated carbocycles. The van der Waals surface area contributed by atoms with Gasteiger partial charge in [0.15, 0.2) is 5.75 Å². The summed E-state index contributed by atoms with van der Waals surface area (Å²) in [6.45, 7) is 0. The Labute approximate surface area is 116 Å². The van der Waals surface area contributed by atoms with E-state index in [9.17, 15) is 10.2 Å². The van der Waals surface area contributed by atoms with Gasteiger partial charge in [-0.1, -0.05) is 17.3 Å². The molecular weight excluding hydrogens is 345 g/mol. The van der Waals surface area contributed by atoms with Crippen LogP contribution in [0.5, 0.6) is 11.5 Å². The van der Waals surface area contributed by atoms with Crippen molar-refractivity contribution in [3.8, 4) is 22.8 Å². The molecule has 0 saturated heterocycles. The molecule has 0 radical (unpaired) electrons. The zero-order valence-electron chi connectivity index (χ0n) is 9.09. The van der Waals surface area contributed by atoms with Gasteiger partial charge in [0.25, 0.3) is 0 Å². The number of aromatic hydroxyl groups is 2. The van der Waals surface area contributed by atoms with Gasteiger partial charge in [-0.05, 0) is 46.9 Å². The van der Waals surface area contributed by atoms with Crippen molar-refractivity contribution in [1.29, 1.82) is 0 Å². The van der Waals surface area contributed by atoms with Crippen molar-refractivity contribution in [1.82, 2.24) is 5.16 Å². The fourth-order valence-electron chi connectivity index (χ4n) is 1.82. The van der Waals surface area contributed by atoms with E-state index in [1.54, 1.807) is 6.07 Å². The highest BCUT2D eigenvalue weighted by Crippen LogP contribution is 2.38. The Morgan fingerprint density at radius 3 is 2.72 bits per heavy atom. The lowest BCUT2D eigenvalue weighted by Gasteiger charge is -1.99. The highest BCUT2D eigenvalue weighted by molar-refractivity contribution is 14.1. The Hall–Kier alpha value is -1.76. The standard InChI is InChI=1S/C13H8INO3/c14-8-3-1-2-7(6-8)11-9-4-5-10(16)12(17)13(9)18-15-11/h1-6,16-17H. The molecule has 5 heteroatoms. The molecule has 3 rings (SSSR count). The van der Waals surface area contributed by atoms with Crippen molar-refractivity contribution in [2.75, 3.05) is 0 Å². The summed E-state index contributed by atoms with van der Waals surface area (Å²) in [6, 6.07) is 10.9. The normalized spacial score (nSPS) is 10.9. The summed E-state index contributed by atoms with van der Waals surface area (Å²) in [4.78, 5) is 0. The zero-order valence-corrected chi connectivity index (χ0v) is 11.2. The second-order valence-electron chi connectivity index (χ2n) is 3.85. The molecule has 0 aliphatic carbocycles. The molecule has 4 nitrogen and oxygen atoms in total. The quantitative estimate of drug-likeness (QED) is 0.519. The number of benzene rings is 2. The van der Waals surface area contributed by atoms with Crippen molar-refractivity contribution in [2.45, 2.75) is 0 Å². The molecular formula is C13H8INO3. The van der Waals surface area contributed by atoms with E-state index in [1.807, 2.05) is 24.3 Å². The maximum atomic E-state index is 9.69. The van der Waals surface area contributed by atoms with Crippen LogP contribution in [-0.2, 0) is 0 Å². The van der Waals surface area contributed by atoms with Gasteiger partial charge >= 0.3 is 0 Å². The van der Waals surface area contributed by atoms with Gasteiger partial charge in [-0.2, -0.15) is 0 Å². The molecule has 3 aromatic rings. The molecule has 1 aromatic heterocycles. The molecule has 0 unspecified atom stereocenters. The van der Waals surface area contributed by atoms with Gasteiger partial charge in [0.1, 0.15) is 5.69 Å². The van der Waals surface area contributed by atoms with E-state index < -0.39 is 0 Å². The van der Waals surface area contributed by atoms with Crippen LogP contribution in [0.4, 0.5) is 0 Å². The van der Waals surface area contributed by atoms with Gasteiger partial charge in [-0.15, -0.1) is 0 Å². The third-order valence-corrected chi connectivity index (χ3v) is 3.36. The Balaban J connectivity index is 2.28. The van der Waals surface area contributed by atoms with Gasteiger partial charge in [0.2, 0.25) is 11.3 Å². The average molecular weight is 353 g/mol. The molecule has 1 heterocycles. The van der Waals surface area contributed by atoms with Crippen LogP contribution in [0.2, 0.25) is 0 Å². The minimum atomic E-state index is -0.281. The van der Waals surface area contributed by atoms with Crippen LogP contribution >= 0.6 is 22.6 Å². The number of phenolic OH excluding ortho intramolecular Hbond substituents is 2. The lowest BCUT2D eigenvalue weighted by molar-refractivity contribution is 0.387. The molecule has 90 valence electrons. The second kappa shape index (κ2) is 4.16. The van der Waals surface area contributed by atoms with E-state index >= 15 is 0 Å². The van der Waals surface area contributed by atoms with E-state index in [0.717, 1.165) is 9.13 Å². The third kappa shape index (κ3) is 1.71. The Morgan fingerprint density at radius 2 is 1.94 bits per heavy atom. The zero-order chi connectivity index (χ0) is 12.7. The summed E-state index contributed by atoms with van der Waals surface area (Å²) in [6.07, 6.45) is 0. The average Bonchev–Trinajstić information content (AvgIpc) is 2.78. The molecule has 0 atom stereocenters. The van der Waals surface area contributed by atoms with Crippen LogP contribution in [0.15, 0.2) is 40.9 Å². The monoisotopic (exact) mass is 353 g/mol. The number of hydrogen-bond donors (Lipinski definition) is 2. The Morgan fingerprint density at radius 1 is 1.11 bits per heavy atom. The Bertz CT molecular complexity index is 736. The predicted molar refractivity (Wildman–Crippen MR) is 75.5 cm³/mol. The van der Waals surface area contributed by atoms with Crippen molar-refractivity contribution in [3.05, 3.63) is 40.0 Å². The highest BCUT2D eigenvalue weighted by Gasteiger charge is 2.15. The number of aromatic nitrogens is 1. The molecule has 18 heavy (non-hydrogen) atoms. The van der Waals surface area contributed by atoms with E-state index in [4.69, 9.17) is 4.52 Å². The Kier molecular flexibility index (Phi) is 2.62. The van der Waals surface area contributed by atoms with Gasteiger partial charge in [0.05, 0.1) is 5.39 Å². The highest BCUT2D eigenvalue weighted by atomic mass is 127. The fraction of sp³-hybridized carbons (Fsp3) is 0. The number of hydrogen-bond acceptors (Lipinski definition) is 4. The van der Waals surface area contributed by atoms with Crippen LogP contribution in [0.1, 0.15) is 0 Å². The molecule has 0 spiro atoms. The minimum absolute atomic E-state index is 0.198. The molecule has 2 aromatic carbocycles. The van der Waals surface area contributed by atoms with Crippen molar-refractivity contribution >= 4 is 33.6 Å². The second-order valence-corrected chi connectivity index (χ2v) is 5.10. The molecule has 2 N–H and O–H groups in total. The molecule has 0 aliphatic heterocycles. The smallest absolute Gasteiger partial charge is 0.212 e. The summed E-state index contributed by atoms with van der Waals surface area (Å²) < 4.78 is 6.18. The lowest BCUT2D eigenvalue weighted by Crippen LogP contribution is -1.79. The first kappa shape index (κ1) is 11.3. The SMILES string of the molecule is Oc1ccc2c(-c3cccc(I)c3)noc2c1O. The maximum absolute atomic E-state index is 9.69. The molecule has 0 amide bonds. The number of halogens is 1. The summed E-state index contributed by atoms with van der Waals surface area (Å²) >= 11 is 2.22. The van der Waals surface area contributed by atoms with Crippen LogP contribution in [0.25, 0.3) is 22.2 Å². The van der Waals surface area contributed by atoms with Crippen molar-refractivity contribution < 1.29 is 14.7 Å². The van der Waals surface area contributed by atoms with Crippen LogP contribution in [0.3, 0.4) is 0 Å². The van der Waals surface area contributed by atoms with Crippen molar-refractivity contribution in [2.24, 2.45) is 0 Å². The number of fused-ring (bicyclic) bond motifs is 1.